The largest absolute Gasteiger partial charge is 0.336 e. The standard InChI is InChI=1S/C21H26N2O/c1-15-7-9-18(10-8-15)23(19-11-12-19)20(24)14-17-5-2-4-16-6-3-13-22-21(16)17/h2-6,13,15,18-19H,7-12,14H2,1H3. The molecule has 1 aromatic carbocycles. The van der Waals surface area contributed by atoms with Gasteiger partial charge in [0.1, 0.15) is 0 Å². The molecule has 1 aromatic heterocycles. The van der Waals surface area contributed by atoms with Gasteiger partial charge in [-0.2, -0.15) is 0 Å². The first-order valence-electron chi connectivity index (χ1n) is 9.36. The SMILES string of the molecule is CC1CCC(N(C(=O)Cc2cccc3cccnc23)C2CC2)CC1. The Balaban J connectivity index is 1.55. The summed E-state index contributed by atoms with van der Waals surface area (Å²) in [6.07, 6.45) is 9.55. The van der Waals surface area contributed by atoms with Crippen molar-refractivity contribution < 1.29 is 4.79 Å². The highest BCUT2D eigenvalue weighted by Crippen LogP contribution is 2.35. The van der Waals surface area contributed by atoms with Gasteiger partial charge < -0.3 is 4.90 Å². The van der Waals surface area contributed by atoms with Gasteiger partial charge in [-0.05, 0) is 56.1 Å². The molecule has 0 radical (unpaired) electrons. The first-order valence-corrected chi connectivity index (χ1v) is 9.36. The van der Waals surface area contributed by atoms with Crippen molar-refractivity contribution in [3.8, 4) is 0 Å². The molecule has 0 saturated heterocycles. The molecule has 0 bridgehead atoms. The predicted octanol–water partition coefficient (Wildman–Crippen LogP) is 4.35. The minimum Gasteiger partial charge on any atom is -0.336 e. The lowest BCUT2D eigenvalue weighted by Gasteiger charge is -2.36. The summed E-state index contributed by atoms with van der Waals surface area (Å²) in [6, 6.07) is 11.1. The van der Waals surface area contributed by atoms with E-state index in [-0.39, 0.29) is 0 Å². The number of benzene rings is 1. The Morgan fingerprint density at radius 3 is 2.42 bits per heavy atom. The Morgan fingerprint density at radius 1 is 1.04 bits per heavy atom. The van der Waals surface area contributed by atoms with E-state index >= 15 is 0 Å². The third-order valence-electron chi connectivity index (χ3n) is 5.66. The molecule has 0 unspecified atom stereocenters. The van der Waals surface area contributed by atoms with Gasteiger partial charge in [-0.15, -0.1) is 0 Å². The second-order valence-corrected chi connectivity index (χ2v) is 7.61. The van der Waals surface area contributed by atoms with Gasteiger partial charge in [0.25, 0.3) is 0 Å². The summed E-state index contributed by atoms with van der Waals surface area (Å²) in [5.41, 5.74) is 2.04. The maximum atomic E-state index is 13.1. The Morgan fingerprint density at radius 2 is 1.71 bits per heavy atom. The van der Waals surface area contributed by atoms with Crippen molar-refractivity contribution >= 4 is 16.8 Å². The predicted molar refractivity (Wildman–Crippen MR) is 96.7 cm³/mol. The number of amides is 1. The molecule has 24 heavy (non-hydrogen) atoms. The molecule has 2 aliphatic rings. The molecule has 3 nitrogen and oxygen atoms in total. The van der Waals surface area contributed by atoms with Crippen molar-refractivity contribution in [1.82, 2.24) is 9.88 Å². The van der Waals surface area contributed by atoms with Crippen molar-refractivity contribution in [2.24, 2.45) is 5.92 Å². The molecule has 0 N–H and O–H groups in total. The Kier molecular flexibility index (Phi) is 4.26. The zero-order valence-corrected chi connectivity index (χ0v) is 14.4. The number of fused-ring (bicyclic) bond motifs is 1. The molecule has 2 fully saturated rings. The topological polar surface area (TPSA) is 33.2 Å². The van der Waals surface area contributed by atoms with E-state index in [1.165, 1.54) is 38.5 Å². The number of hydrogen-bond acceptors (Lipinski definition) is 2. The van der Waals surface area contributed by atoms with E-state index in [9.17, 15) is 4.79 Å². The van der Waals surface area contributed by atoms with Crippen molar-refractivity contribution in [2.45, 2.75) is 64.0 Å². The van der Waals surface area contributed by atoms with Crippen LogP contribution in [0, 0.1) is 5.92 Å². The highest BCUT2D eigenvalue weighted by atomic mass is 16.2. The Hall–Kier alpha value is -1.90. The van der Waals surface area contributed by atoms with Gasteiger partial charge in [0.2, 0.25) is 5.91 Å². The second kappa shape index (κ2) is 6.54. The Labute approximate surface area is 144 Å². The zero-order chi connectivity index (χ0) is 16.5. The number of rotatable bonds is 4. The molecule has 2 aliphatic carbocycles. The van der Waals surface area contributed by atoms with Gasteiger partial charge >= 0.3 is 0 Å². The van der Waals surface area contributed by atoms with Crippen LogP contribution < -0.4 is 0 Å². The number of carbonyl (C=O) groups excluding carboxylic acids is 1. The van der Waals surface area contributed by atoms with Gasteiger partial charge in [-0.3, -0.25) is 9.78 Å². The summed E-state index contributed by atoms with van der Waals surface area (Å²) in [6.45, 7) is 2.33. The number of pyridine rings is 1. The van der Waals surface area contributed by atoms with E-state index in [1.807, 2.05) is 18.3 Å². The monoisotopic (exact) mass is 322 g/mol. The summed E-state index contributed by atoms with van der Waals surface area (Å²) >= 11 is 0. The van der Waals surface area contributed by atoms with Crippen molar-refractivity contribution in [3.05, 3.63) is 42.1 Å². The van der Waals surface area contributed by atoms with Crippen molar-refractivity contribution in [3.63, 3.8) is 0 Å². The zero-order valence-electron chi connectivity index (χ0n) is 14.4. The third-order valence-corrected chi connectivity index (χ3v) is 5.66. The maximum Gasteiger partial charge on any atom is 0.227 e. The van der Waals surface area contributed by atoms with Crippen LogP contribution in [0.5, 0.6) is 0 Å². The van der Waals surface area contributed by atoms with E-state index in [0.717, 1.165) is 22.4 Å². The lowest BCUT2D eigenvalue weighted by molar-refractivity contribution is -0.134. The van der Waals surface area contributed by atoms with E-state index in [2.05, 4.69) is 35.0 Å². The van der Waals surface area contributed by atoms with Crippen LogP contribution in [0.2, 0.25) is 0 Å². The molecular formula is C21H26N2O. The van der Waals surface area contributed by atoms with Crippen LogP contribution in [-0.4, -0.2) is 27.9 Å². The molecule has 1 amide bonds. The molecule has 4 rings (SSSR count). The summed E-state index contributed by atoms with van der Waals surface area (Å²) in [4.78, 5) is 19.9. The lowest BCUT2D eigenvalue weighted by atomic mass is 9.86. The van der Waals surface area contributed by atoms with Crippen LogP contribution >= 0.6 is 0 Å². The fraction of sp³-hybridized carbons (Fsp3) is 0.524. The molecule has 0 spiro atoms. The number of carbonyl (C=O) groups is 1. The average Bonchev–Trinajstić information content (AvgIpc) is 3.42. The minimum absolute atomic E-state index is 0.301. The van der Waals surface area contributed by atoms with Crippen molar-refractivity contribution in [2.75, 3.05) is 0 Å². The highest BCUT2D eigenvalue weighted by molar-refractivity contribution is 5.88. The summed E-state index contributed by atoms with van der Waals surface area (Å²) in [5.74, 6) is 1.12. The molecule has 2 saturated carbocycles. The third kappa shape index (κ3) is 3.17. The van der Waals surface area contributed by atoms with E-state index < -0.39 is 0 Å². The molecule has 0 aliphatic heterocycles. The second-order valence-electron chi connectivity index (χ2n) is 7.61. The molecule has 2 aromatic rings. The lowest BCUT2D eigenvalue weighted by Crippen LogP contribution is -2.44. The number of nitrogens with zero attached hydrogens (tertiary/aromatic N) is 2. The molecule has 126 valence electrons. The van der Waals surface area contributed by atoms with Crippen molar-refractivity contribution in [1.29, 1.82) is 0 Å². The molecule has 0 atom stereocenters. The number of para-hydroxylation sites is 1. The first-order chi connectivity index (χ1) is 11.7. The molecule has 1 heterocycles. The van der Waals surface area contributed by atoms with Gasteiger partial charge in [-0.25, -0.2) is 0 Å². The van der Waals surface area contributed by atoms with Crippen LogP contribution in [0.15, 0.2) is 36.5 Å². The van der Waals surface area contributed by atoms with Gasteiger partial charge in [-0.1, -0.05) is 31.2 Å². The summed E-state index contributed by atoms with van der Waals surface area (Å²) in [5, 5.41) is 1.12. The van der Waals surface area contributed by atoms with Gasteiger partial charge in [0.15, 0.2) is 0 Å². The first kappa shape index (κ1) is 15.6. The summed E-state index contributed by atoms with van der Waals surface area (Å²) in [7, 11) is 0. The van der Waals surface area contributed by atoms with Crippen LogP contribution in [-0.2, 0) is 11.2 Å². The normalized spacial score (nSPS) is 24.0. The van der Waals surface area contributed by atoms with Crippen LogP contribution in [0.4, 0.5) is 0 Å². The minimum atomic E-state index is 0.301. The Bertz CT molecular complexity index is 724. The van der Waals surface area contributed by atoms with Gasteiger partial charge in [0.05, 0.1) is 11.9 Å². The highest BCUT2D eigenvalue weighted by Gasteiger charge is 2.38. The van der Waals surface area contributed by atoms with Crippen LogP contribution in [0.25, 0.3) is 10.9 Å². The van der Waals surface area contributed by atoms with E-state index in [1.54, 1.807) is 0 Å². The smallest absolute Gasteiger partial charge is 0.227 e. The van der Waals surface area contributed by atoms with Crippen LogP contribution in [0.1, 0.15) is 51.0 Å². The van der Waals surface area contributed by atoms with E-state index in [0.29, 0.717) is 24.4 Å². The number of hydrogen-bond donors (Lipinski definition) is 0. The quantitative estimate of drug-likeness (QED) is 0.838. The number of aromatic nitrogens is 1. The fourth-order valence-corrected chi connectivity index (χ4v) is 4.14. The van der Waals surface area contributed by atoms with E-state index in [4.69, 9.17) is 0 Å². The maximum absolute atomic E-state index is 13.1. The summed E-state index contributed by atoms with van der Waals surface area (Å²) < 4.78 is 0. The fourth-order valence-electron chi connectivity index (χ4n) is 4.14. The van der Waals surface area contributed by atoms with Gasteiger partial charge in [0, 0.05) is 23.7 Å². The molecule has 3 heteroatoms. The average molecular weight is 322 g/mol. The van der Waals surface area contributed by atoms with Crippen LogP contribution in [0.3, 0.4) is 0 Å². The molecular weight excluding hydrogens is 296 g/mol.